The van der Waals surface area contributed by atoms with Crippen LogP contribution in [0.1, 0.15) is 118 Å². The summed E-state index contributed by atoms with van der Waals surface area (Å²) in [5.74, 6) is 2.33. The van der Waals surface area contributed by atoms with Crippen molar-refractivity contribution in [3.8, 4) is 0 Å². The number of nitrogens with zero attached hydrogens (tertiary/aromatic N) is 2. The van der Waals surface area contributed by atoms with Gasteiger partial charge in [-0.25, -0.2) is 9.97 Å². The van der Waals surface area contributed by atoms with Gasteiger partial charge in [-0.15, -0.1) is 0 Å². The van der Waals surface area contributed by atoms with Crippen LogP contribution in [0.4, 0.5) is 0 Å². The fraction of sp³-hybridized carbons (Fsp3) is 0.722. The van der Waals surface area contributed by atoms with Gasteiger partial charge in [-0.05, 0) is 131 Å². The third kappa shape index (κ3) is 3.84. The Bertz CT molecular complexity index is 1300. The second-order valence-electron chi connectivity index (χ2n) is 15.9. The number of rotatable bonds is 4. The van der Waals surface area contributed by atoms with E-state index in [0.717, 1.165) is 30.3 Å². The van der Waals surface area contributed by atoms with Crippen molar-refractivity contribution in [1.82, 2.24) is 9.97 Å². The first-order valence-corrected chi connectivity index (χ1v) is 15.9. The van der Waals surface area contributed by atoms with Crippen LogP contribution in [0.15, 0.2) is 35.9 Å². The van der Waals surface area contributed by atoms with Crippen LogP contribution < -0.4 is 0 Å². The summed E-state index contributed by atoms with van der Waals surface area (Å²) in [7, 11) is 0. The molecule has 1 N–H and O–H groups in total. The summed E-state index contributed by atoms with van der Waals surface area (Å²) >= 11 is 0. The molecule has 1 heterocycles. The smallest absolute Gasteiger partial charge is 0.0890 e. The fourth-order valence-corrected chi connectivity index (χ4v) is 11.3. The monoisotopic (exact) mass is 528 g/mol. The largest absolute Gasteiger partial charge is 0.390 e. The van der Waals surface area contributed by atoms with Crippen molar-refractivity contribution < 1.29 is 5.11 Å². The molecule has 0 radical (unpaired) electrons. The zero-order chi connectivity index (χ0) is 28.0. The van der Waals surface area contributed by atoms with E-state index in [2.05, 4.69) is 85.7 Å². The summed E-state index contributed by atoms with van der Waals surface area (Å²) in [5.41, 5.74) is 6.17. The molecule has 8 atom stereocenters. The third-order valence-electron chi connectivity index (χ3n) is 13.3. The molecule has 0 aliphatic heterocycles. The van der Waals surface area contributed by atoms with Crippen LogP contribution in [-0.4, -0.2) is 20.7 Å². The Balaban J connectivity index is 1.35. The lowest BCUT2D eigenvalue weighted by atomic mass is 9.35. The van der Waals surface area contributed by atoms with Gasteiger partial charge in [0.15, 0.2) is 0 Å². The van der Waals surface area contributed by atoms with E-state index in [1.54, 1.807) is 0 Å². The number of hydrogen-bond donors (Lipinski definition) is 1. The molecule has 3 heteroatoms. The van der Waals surface area contributed by atoms with Crippen molar-refractivity contribution in [1.29, 1.82) is 0 Å². The average Bonchev–Trinajstić information content (AvgIpc) is 3.22. The van der Waals surface area contributed by atoms with E-state index >= 15 is 0 Å². The minimum atomic E-state index is -0.582. The van der Waals surface area contributed by atoms with Gasteiger partial charge in [0.2, 0.25) is 0 Å². The molecule has 2 aromatic rings. The summed E-state index contributed by atoms with van der Waals surface area (Å²) < 4.78 is 0. The lowest BCUT2D eigenvalue weighted by molar-refractivity contribution is -0.192. The molecule has 3 saturated carbocycles. The lowest BCUT2D eigenvalue weighted by Gasteiger charge is -2.69. The van der Waals surface area contributed by atoms with E-state index in [0.29, 0.717) is 29.1 Å². The second kappa shape index (κ2) is 8.88. The molecule has 3 nitrogen and oxygen atoms in total. The van der Waals surface area contributed by atoms with Crippen LogP contribution >= 0.6 is 0 Å². The van der Waals surface area contributed by atoms with Crippen LogP contribution in [0.5, 0.6) is 0 Å². The molecule has 39 heavy (non-hydrogen) atoms. The van der Waals surface area contributed by atoms with E-state index in [9.17, 15) is 5.11 Å². The predicted molar refractivity (Wildman–Crippen MR) is 162 cm³/mol. The van der Waals surface area contributed by atoms with E-state index in [1.807, 2.05) is 0 Å². The maximum absolute atomic E-state index is 11.8. The minimum absolute atomic E-state index is 0.0191. The third-order valence-corrected chi connectivity index (χ3v) is 13.3. The molecule has 0 saturated heterocycles. The highest BCUT2D eigenvalue weighted by Gasteiger charge is 2.69. The first-order valence-electron chi connectivity index (χ1n) is 15.9. The first-order chi connectivity index (χ1) is 18.2. The summed E-state index contributed by atoms with van der Waals surface area (Å²) in [6.07, 6.45) is 12.8. The molecule has 3 fully saturated rings. The van der Waals surface area contributed by atoms with E-state index in [-0.39, 0.29) is 16.2 Å². The molecule has 6 rings (SSSR count). The van der Waals surface area contributed by atoms with Crippen molar-refractivity contribution >= 4 is 11.0 Å². The molecule has 4 aliphatic carbocycles. The van der Waals surface area contributed by atoms with Gasteiger partial charge in [0.25, 0.3) is 0 Å². The molecule has 0 bridgehead atoms. The van der Waals surface area contributed by atoms with Gasteiger partial charge < -0.3 is 5.11 Å². The highest BCUT2D eigenvalue weighted by molar-refractivity contribution is 5.74. The normalized spacial score (nSPS) is 40.1. The zero-order valence-corrected chi connectivity index (χ0v) is 25.9. The van der Waals surface area contributed by atoms with Gasteiger partial charge in [0.1, 0.15) is 0 Å². The van der Waals surface area contributed by atoms with Crippen molar-refractivity contribution in [2.24, 2.45) is 39.9 Å². The minimum Gasteiger partial charge on any atom is -0.390 e. The van der Waals surface area contributed by atoms with Crippen molar-refractivity contribution in [3.63, 3.8) is 0 Å². The van der Waals surface area contributed by atoms with Gasteiger partial charge in [0.05, 0.1) is 28.0 Å². The maximum atomic E-state index is 11.8. The van der Waals surface area contributed by atoms with Gasteiger partial charge in [-0.1, -0.05) is 58.4 Å². The van der Waals surface area contributed by atoms with E-state index in [1.165, 1.54) is 55.5 Å². The quantitative estimate of drug-likeness (QED) is 0.403. The molecule has 1 aromatic carbocycles. The van der Waals surface area contributed by atoms with E-state index in [4.69, 9.17) is 9.97 Å². The van der Waals surface area contributed by atoms with Crippen molar-refractivity contribution in [3.05, 3.63) is 47.3 Å². The number of benzene rings is 1. The Labute approximate surface area is 237 Å². The SMILES string of the molecule is CC(C)=CCC[C@](C)(O)[C@H]1CC[C@]2(C)[C@@H]1CC[C@@H]1[C@@]3(C)Cc4nc5ccccc5nc4C(C)(C)[C@@H]3CC[C@]12C. The summed E-state index contributed by atoms with van der Waals surface area (Å²) in [4.78, 5) is 10.5. The molecule has 0 spiro atoms. The van der Waals surface area contributed by atoms with Gasteiger partial charge in [0, 0.05) is 5.41 Å². The first kappa shape index (κ1) is 27.4. The number of aromatic nitrogens is 2. The Morgan fingerprint density at radius 1 is 0.923 bits per heavy atom. The zero-order valence-electron chi connectivity index (χ0n) is 25.9. The highest BCUT2D eigenvalue weighted by Crippen LogP contribution is 2.75. The second-order valence-corrected chi connectivity index (χ2v) is 15.9. The molecule has 4 aliphatic rings. The Morgan fingerprint density at radius 2 is 1.59 bits per heavy atom. The van der Waals surface area contributed by atoms with Crippen LogP contribution in [0, 0.1) is 39.9 Å². The Morgan fingerprint density at radius 3 is 2.28 bits per heavy atom. The summed E-state index contributed by atoms with van der Waals surface area (Å²) in [6, 6.07) is 8.43. The standard InChI is InChI=1S/C36H52N2O/c1-23(2)12-11-19-36(8,39)25-17-20-34(6)24(25)15-16-30-33(5)22-28-31(38-27-14-10-9-13-26(27)37-28)32(3,4)29(33)18-21-35(30,34)7/h9-10,12-14,24-25,29-30,39H,11,15-22H2,1-8H3/t24-,25+,29+,30-,33+,34-,35-,36+/m1/s1. The van der Waals surface area contributed by atoms with Crippen LogP contribution in [0.2, 0.25) is 0 Å². The average molecular weight is 529 g/mol. The number of para-hydroxylation sites is 2. The number of fused-ring (bicyclic) bond motifs is 7. The Hall–Kier alpha value is -1.74. The molecule has 1 aromatic heterocycles. The molecular formula is C36H52N2O. The van der Waals surface area contributed by atoms with Crippen molar-refractivity contribution in [2.75, 3.05) is 0 Å². The summed E-state index contributed by atoms with van der Waals surface area (Å²) in [5, 5.41) is 11.8. The van der Waals surface area contributed by atoms with Crippen LogP contribution in [-0.2, 0) is 11.8 Å². The topological polar surface area (TPSA) is 46.0 Å². The maximum Gasteiger partial charge on any atom is 0.0890 e. The van der Waals surface area contributed by atoms with E-state index < -0.39 is 5.60 Å². The summed E-state index contributed by atoms with van der Waals surface area (Å²) in [6.45, 7) is 19.3. The van der Waals surface area contributed by atoms with Gasteiger partial charge in [-0.2, -0.15) is 0 Å². The number of allylic oxidation sites excluding steroid dienone is 2. The lowest BCUT2D eigenvalue weighted by Crippen LogP contribution is -2.64. The molecule has 0 unspecified atom stereocenters. The van der Waals surface area contributed by atoms with Crippen LogP contribution in [0.25, 0.3) is 11.0 Å². The predicted octanol–water partition coefficient (Wildman–Crippen LogP) is 8.83. The molecule has 212 valence electrons. The van der Waals surface area contributed by atoms with Crippen LogP contribution in [0.3, 0.4) is 0 Å². The number of hydrogen-bond acceptors (Lipinski definition) is 3. The van der Waals surface area contributed by atoms with Gasteiger partial charge in [-0.3, -0.25) is 0 Å². The highest BCUT2D eigenvalue weighted by atomic mass is 16.3. The molecule has 0 amide bonds. The van der Waals surface area contributed by atoms with Gasteiger partial charge >= 0.3 is 0 Å². The fourth-order valence-electron chi connectivity index (χ4n) is 11.3. The number of aliphatic hydroxyl groups is 1. The Kier molecular flexibility index (Phi) is 6.24. The molecular weight excluding hydrogens is 476 g/mol. The van der Waals surface area contributed by atoms with Crippen molar-refractivity contribution in [2.45, 2.75) is 124 Å².